The van der Waals surface area contributed by atoms with Crippen LogP contribution in [-0.4, -0.2) is 29.4 Å². The fourth-order valence-electron chi connectivity index (χ4n) is 2.44. The van der Waals surface area contributed by atoms with Crippen LogP contribution in [0.1, 0.15) is 65.0 Å². The van der Waals surface area contributed by atoms with Crippen molar-refractivity contribution in [1.29, 1.82) is 0 Å². The number of rotatable bonds is 9. The molecule has 4 nitrogen and oxygen atoms in total. The second-order valence-electron chi connectivity index (χ2n) is 6.03. The molecule has 23 heavy (non-hydrogen) atoms. The zero-order valence-corrected chi connectivity index (χ0v) is 14.7. The molecule has 0 saturated heterocycles. The van der Waals surface area contributed by atoms with Gasteiger partial charge in [-0.05, 0) is 32.3 Å². The summed E-state index contributed by atoms with van der Waals surface area (Å²) in [5.41, 5.74) is 0.923. The highest BCUT2D eigenvalue weighted by Crippen LogP contribution is 2.21. The summed E-state index contributed by atoms with van der Waals surface area (Å²) in [6.07, 6.45) is 2.06. The molecule has 0 aliphatic heterocycles. The zero-order chi connectivity index (χ0) is 17.2. The fourth-order valence-corrected chi connectivity index (χ4v) is 2.44. The Morgan fingerprint density at radius 1 is 1.04 bits per heavy atom. The molecule has 4 heteroatoms. The minimum atomic E-state index is -0.418. The van der Waals surface area contributed by atoms with Crippen molar-refractivity contribution in [2.24, 2.45) is 0 Å². The van der Waals surface area contributed by atoms with E-state index >= 15 is 0 Å². The molecule has 1 amide bonds. The van der Waals surface area contributed by atoms with Gasteiger partial charge in [-0.2, -0.15) is 0 Å². The van der Waals surface area contributed by atoms with Crippen molar-refractivity contribution in [2.45, 2.75) is 65.5 Å². The lowest BCUT2D eigenvalue weighted by molar-refractivity contribution is -0.153. The largest absolute Gasteiger partial charge is 0.456 e. The average Bonchev–Trinajstić information content (AvgIpc) is 2.52. The maximum Gasteiger partial charge on any atom is 0.306 e. The number of benzene rings is 1. The van der Waals surface area contributed by atoms with Crippen LogP contribution in [0, 0.1) is 0 Å². The molecule has 128 valence electrons. The molecule has 0 aliphatic rings. The summed E-state index contributed by atoms with van der Waals surface area (Å²) in [4.78, 5) is 26.1. The predicted molar refractivity (Wildman–Crippen MR) is 91.9 cm³/mol. The van der Waals surface area contributed by atoms with E-state index in [9.17, 15) is 9.59 Å². The van der Waals surface area contributed by atoms with Gasteiger partial charge >= 0.3 is 5.97 Å². The average molecular weight is 319 g/mol. The van der Waals surface area contributed by atoms with Crippen LogP contribution in [0.2, 0.25) is 0 Å². The van der Waals surface area contributed by atoms with Gasteiger partial charge in [-0.1, -0.05) is 44.2 Å². The monoisotopic (exact) mass is 319 g/mol. The zero-order valence-electron chi connectivity index (χ0n) is 14.7. The number of ether oxygens (including phenoxy) is 1. The van der Waals surface area contributed by atoms with Crippen molar-refractivity contribution in [3.8, 4) is 0 Å². The maximum atomic E-state index is 12.3. The van der Waals surface area contributed by atoms with E-state index in [4.69, 9.17) is 4.74 Å². The summed E-state index contributed by atoms with van der Waals surface area (Å²) in [6.45, 7) is 8.32. The number of hydrogen-bond acceptors (Lipinski definition) is 3. The highest BCUT2D eigenvalue weighted by molar-refractivity contribution is 5.76. The van der Waals surface area contributed by atoms with E-state index < -0.39 is 6.10 Å². The lowest BCUT2D eigenvalue weighted by atomic mass is 10.1. The van der Waals surface area contributed by atoms with Crippen molar-refractivity contribution in [3.05, 3.63) is 35.9 Å². The van der Waals surface area contributed by atoms with Crippen LogP contribution in [0.4, 0.5) is 0 Å². The first-order valence-electron chi connectivity index (χ1n) is 8.53. The quantitative estimate of drug-likeness (QED) is 0.644. The fraction of sp³-hybridized carbons (Fsp3) is 0.579. The van der Waals surface area contributed by atoms with Gasteiger partial charge in [-0.25, -0.2) is 0 Å². The molecule has 0 fully saturated rings. The van der Waals surface area contributed by atoms with Gasteiger partial charge in [0, 0.05) is 18.9 Å². The molecular weight excluding hydrogens is 290 g/mol. The summed E-state index contributed by atoms with van der Waals surface area (Å²) in [6, 6.07) is 9.72. The third-order valence-corrected chi connectivity index (χ3v) is 3.67. The van der Waals surface area contributed by atoms with Crippen LogP contribution in [0.3, 0.4) is 0 Å². The van der Waals surface area contributed by atoms with Crippen molar-refractivity contribution < 1.29 is 14.3 Å². The first kappa shape index (κ1) is 19.2. The number of nitrogens with zero attached hydrogens (tertiary/aromatic N) is 1. The molecule has 0 bridgehead atoms. The second-order valence-corrected chi connectivity index (χ2v) is 6.03. The van der Waals surface area contributed by atoms with Gasteiger partial charge in [0.15, 0.2) is 0 Å². The number of carbonyl (C=O) groups excluding carboxylic acids is 2. The summed E-state index contributed by atoms with van der Waals surface area (Å²) in [5.74, 6) is -0.108. The van der Waals surface area contributed by atoms with Crippen molar-refractivity contribution in [1.82, 2.24) is 4.90 Å². The standard InChI is InChI=1S/C19H29NO3/c1-5-10-18(21)20(15(3)4)14-17(23-19(22)11-6-2)16-12-8-7-9-13-16/h7-9,12-13,15,17H,5-6,10-11,14H2,1-4H3. The number of carbonyl (C=O) groups is 2. The summed E-state index contributed by atoms with van der Waals surface area (Å²) in [7, 11) is 0. The molecule has 0 saturated carbocycles. The van der Waals surface area contributed by atoms with E-state index in [1.165, 1.54) is 0 Å². The molecule has 1 rings (SSSR count). The van der Waals surface area contributed by atoms with Crippen LogP contribution >= 0.6 is 0 Å². The summed E-state index contributed by atoms with van der Waals surface area (Å²) < 4.78 is 5.65. The van der Waals surface area contributed by atoms with E-state index in [0.717, 1.165) is 18.4 Å². The third-order valence-electron chi connectivity index (χ3n) is 3.67. The lowest BCUT2D eigenvalue weighted by Crippen LogP contribution is -2.40. The molecular formula is C19H29NO3. The van der Waals surface area contributed by atoms with Crippen LogP contribution in [0.5, 0.6) is 0 Å². The smallest absolute Gasteiger partial charge is 0.306 e. The van der Waals surface area contributed by atoms with E-state index in [2.05, 4.69) is 0 Å². The Hall–Kier alpha value is -1.84. The molecule has 0 heterocycles. The Balaban J connectivity index is 2.93. The predicted octanol–water partition coefficient (Wildman–Crippen LogP) is 4.11. The van der Waals surface area contributed by atoms with Crippen LogP contribution in [-0.2, 0) is 14.3 Å². The summed E-state index contributed by atoms with van der Waals surface area (Å²) >= 11 is 0. The highest BCUT2D eigenvalue weighted by atomic mass is 16.5. The molecule has 1 aromatic carbocycles. The van der Waals surface area contributed by atoms with Gasteiger partial charge in [0.05, 0.1) is 6.54 Å². The van der Waals surface area contributed by atoms with Gasteiger partial charge in [-0.3, -0.25) is 9.59 Å². The van der Waals surface area contributed by atoms with E-state index in [1.807, 2.05) is 58.0 Å². The van der Waals surface area contributed by atoms with Crippen LogP contribution in [0.25, 0.3) is 0 Å². The van der Waals surface area contributed by atoms with E-state index in [0.29, 0.717) is 19.4 Å². The molecule has 1 atom stereocenters. The van der Waals surface area contributed by atoms with Crippen LogP contribution < -0.4 is 0 Å². The molecule has 1 aromatic rings. The van der Waals surface area contributed by atoms with E-state index in [1.54, 1.807) is 4.90 Å². The van der Waals surface area contributed by atoms with Gasteiger partial charge in [0.25, 0.3) is 0 Å². The molecule has 0 aromatic heterocycles. The Labute approximate surface area is 139 Å². The summed E-state index contributed by atoms with van der Waals surface area (Å²) in [5, 5.41) is 0. The van der Waals surface area contributed by atoms with Gasteiger partial charge in [0.1, 0.15) is 6.10 Å². The molecule has 0 radical (unpaired) electrons. The topological polar surface area (TPSA) is 46.6 Å². The number of hydrogen-bond donors (Lipinski definition) is 0. The Bertz CT molecular complexity index is 485. The molecule has 1 unspecified atom stereocenters. The first-order chi connectivity index (χ1) is 11.0. The molecule has 0 aliphatic carbocycles. The minimum absolute atomic E-state index is 0.0742. The van der Waals surface area contributed by atoms with Crippen LogP contribution in [0.15, 0.2) is 30.3 Å². The minimum Gasteiger partial charge on any atom is -0.456 e. The normalized spacial score (nSPS) is 12.0. The van der Waals surface area contributed by atoms with Gasteiger partial charge < -0.3 is 9.64 Å². The van der Waals surface area contributed by atoms with Crippen molar-refractivity contribution in [3.63, 3.8) is 0 Å². The Morgan fingerprint density at radius 3 is 2.17 bits per heavy atom. The number of amides is 1. The third kappa shape index (κ3) is 6.43. The molecule has 0 spiro atoms. The number of esters is 1. The van der Waals surface area contributed by atoms with Crippen molar-refractivity contribution >= 4 is 11.9 Å². The molecule has 0 N–H and O–H groups in total. The Morgan fingerprint density at radius 2 is 1.65 bits per heavy atom. The van der Waals surface area contributed by atoms with Crippen molar-refractivity contribution in [2.75, 3.05) is 6.54 Å². The first-order valence-corrected chi connectivity index (χ1v) is 8.53. The highest BCUT2D eigenvalue weighted by Gasteiger charge is 2.24. The van der Waals surface area contributed by atoms with Gasteiger partial charge in [0.2, 0.25) is 5.91 Å². The van der Waals surface area contributed by atoms with Gasteiger partial charge in [-0.15, -0.1) is 0 Å². The second kappa shape index (κ2) is 10.0. The van der Waals surface area contributed by atoms with E-state index in [-0.39, 0.29) is 17.9 Å². The SMILES string of the molecule is CCCC(=O)OC(CN(C(=O)CCC)C(C)C)c1ccccc1. The maximum absolute atomic E-state index is 12.3. The Kier molecular flexibility index (Phi) is 8.38. The lowest BCUT2D eigenvalue weighted by Gasteiger charge is -2.31.